The van der Waals surface area contributed by atoms with Gasteiger partial charge >= 0.3 is 0 Å². The number of hydrogen-bond donors (Lipinski definition) is 1. The van der Waals surface area contributed by atoms with Gasteiger partial charge in [-0.05, 0) is 31.5 Å². The largest absolute Gasteiger partial charge is 0.486 e. The second-order valence-electron chi connectivity index (χ2n) is 3.96. The molecule has 0 saturated heterocycles. The minimum atomic E-state index is -0.499. The van der Waals surface area contributed by atoms with Crippen molar-refractivity contribution in [3.8, 4) is 11.5 Å². The summed E-state index contributed by atoms with van der Waals surface area (Å²) in [5.41, 5.74) is 7.07. The van der Waals surface area contributed by atoms with E-state index in [0.717, 1.165) is 5.56 Å². The molecule has 1 aromatic carbocycles. The summed E-state index contributed by atoms with van der Waals surface area (Å²) >= 11 is 0. The number of ether oxygens (including phenoxy) is 2. The Morgan fingerprint density at radius 3 is 2.44 bits per heavy atom. The first-order valence-electron chi connectivity index (χ1n) is 5.29. The Morgan fingerprint density at radius 2 is 1.88 bits per heavy atom. The van der Waals surface area contributed by atoms with Gasteiger partial charge < -0.3 is 15.2 Å². The molecule has 1 heterocycles. The van der Waals surface area contributed by atoms with Crippen LogP contribution in [0.1, 0.15) is 22.8 Å². The zero-order valence-electron chi connectivity index (χ0n) is 9.45. The second-order valence-corrected chi connectivity index (χ2v) is 3.96. The summed E-state index contributed by atoms with van der Waals surface area (Å²) in [5.74, 6) is 1.25. The zero-order chi connectivity index (χ0) is 11.7. The summed E-state index contributed by atoms with van der Waals surface area (Å²) in [7, 11) is 0. The number of fused-ring (bicyclic) bond motifs is 1. The van der Waals surface area contributed by atoms with E-state index < -0.39 is 6.04 Å². The number of benzene rings is 1. The summed E-state index contributed by atoms with van der Waals surface area (Å²) in [6, 6.07) is 3.04. The molecule has 0 aliphatic carbocycles. The molecule has 1 aliphatic heterocycles. The SMILES string of the molecule is Cc1cc2c(cc1C(=O)C(C)N)OCCO2. The normalized spacial score (nSPS) is 15.7. The fourth-order valence-corrected chi connectivity index (χ4v) is 1.70. The van der Waals surface area contributed by atoms with Gasteiger partial charge in [-0.3, -0.25) is 4.79 Å². The molecule has 1 unspecified atom stereocenters. The number of Topliss-reactive ketones (excluding diaryl/α,β-unsaturated/α-hetero) is 1. The van der Waals surface area contributed by atoms with Gasteiger partial charge in [-0.2, -0.15) is 0 Å². The summed E-state index contributed by atoms with van der Waals surface area (Å²) in [4.78, 5) is 11.8. The topological polar surface area (TPSA) is 61.6 Å². The van der Waals surface area contributed by atoms with Gasteiger partial charge in [0.1, 0.15) is 13.2 Å². The van der Waals surface area contributed by atoms with E-state index in [1.165, 1.54) is 0 Å². The average Bonchev–Trinajstić information content (AvgIpc) is 2.27. The van der Waals surface area contributed by atoms with E-state index in [1.807, 2.05) is 13.0 Å². The fourth-order valence-electron chi connectivity index (χ4n) is 1.70. The van der Waals surface area contributed by atoms with Gasteiger partial charge in [-0.1, -0.05) is 0 Å². The van der Waals surface area contributed by atoms with Crippen LogP contribution in [-0.2, 0) is 0 Å². The number of rotatable bonds is 2. The summed E-state index contributed by atoms with van der Waals surface area (Å²) in [6.45, 7) is 4.61. The standard InChI is InChI=1S/C12H15NO3/c1-7-5-10-11(16-4-3-15-10)6-9(7)12(14)8(2)13/h5-6,8H,3-4,13H2,1-2H3. The zero-order valence-corrected chi connectivity index (χ0v) is 9.45. The van der Waals surface area contributed by atoms with Crippen molar-refractivity contribution in [2.24, 2.45) is 5.73 Å². The maximum absolute atomic E-state index is 11.8. The lowest BCUT2D eigenvalue weighted by atomic mass is 10.00. The third-order valence-corrected chi connectivity index (χ3v) is 2.57. The van der Waals surface area contributed by atoms with Crippen molar-refractivity contribution in [2.75, 3.05) is 13.2 Å². The van der Waals surface area contributed by atoms with Gasteiger partial charge in [-0.25, -0.2) is 0 Å². The Hall–Kier alpha value is -1.55. The maximum Gasteiger partial charge on any atom is 0.179 e. The van der Waals surface area contributed by atoms with Gasteiger partial charge in [0, 0.05) is 5.56 Å². The number of aryl methyl sites for hydroxylation is 1. The molecule has 2 N–H and O–H groups in total. The van der Waals surface area contributed by atoms with Crippen molar-refractivity contribution >= 4 is 5.78 Å². The van der Waals surface area contributed by atoms with E-state index in [9.17, 15) is 4.79 Å². The smallest absolute Gasteiger partial charge is 0.179 e. The van der Waals surface area contributed by atoms with Crippen molar-refractivity contribution in [1.82, 2.24) is 0 Å². The van der Waals surface area contributed by atoms with Crippen molar-refractivity contribution in [3.63, 3.8) is 0 Å². The van der Waals surface area contributed by atoms with E-state index in [4.69, 9.17) is 15.2 Å². The summed E-state index contributed by atoms with van der Waals surface area (Å²) in [6.07, 6.45) is 0. The first-order valence-corrected chi connectivity index (χ1v) is 5.29. The van der Waals surface area contributed by atoms with Gasteiger partial charge in [0.05, 0.1) is 6.04 Å². The molecule has 0 fully saturated rings. The Labute approximate surface area is 94.3 Å². The summed E-state index contributed by atoms with van der Waals surface area (Å²) < 4.78 is 10.9. The lowest BCUT2D eigenvalue weighted by molar-refractivity contribution is 0.0966. The Balaban J connectivity index is 2.43. The van der Waals surface area contributed by atoms with Gasteiger partial charge in [0.2, 0.25) is 0 Å². The minimum Gasteiger partial charge on any atom is -0.486 e. The third-order valence-electron chi connectivity index (χ3n) is 2.57. The van der Waals surface area contributed by atoms with Crippen LogP contribution in [0, 0.1) is 6.92 Å². The molecule has 4 heteroatoms. The van der Waals surface area contributed by atoms with Crippen LogP contribution in [0.25, 0.3) is 0 Å². The molecule has 0 aromatic heterocycles. The molecule has 0 amide bonds. The average molecular weight is 221 g/mol. The monoisotopic (exact) mass is 221 g/mol. The van der Waals surface area contributed by atoms with Crippen LogP contribution in [0.4, 0.5) is 0 Å². The Bertz CT molecular complexity index is 427. The molecular weight excluding hydrogens is 206 g/mol. The Kier molecular flexibility index (Phi) is 2.83. The number of carbonyl (C=O) groups is 1. The minimum absolute atomic E-state index is 0.0746. The number of hydrogen-bond acceptors (Lipinski definition) is 4. The molecular formula is C12H15NO3. The highest BCUT2D eigenvalue weighted by molar-refractivity contribution is 6.01. The molecule has 86 valence electrons. The van der Waals surface area contributed by atoms with Crippen molar-refractivity contribution in [3.05, 3.63) is 23.3 Å². The predicted octanol–water partition coefficient (Wildman–Crippen LogP) is 1.30. The molecule has 16 heavy (non-hydrogen) atoms. The molecule has 0 spiro atoms. The molecule has 0 saturated carbocycles. The lowest BCUT2D eigenvalue weighted by Gasteiger charge is -2.20. The van der Waals surface area contributed by atoms with E-state index in [1.54, 1.807) is 13.0 Å². The van der Waals surface area contributed by atoms with Crippen molar-refractivity contribution in [2.45, 2.75) is 19.9 Å². The van der Waals surface area contributed by atoms with E-state index in [2.05, 4.69) is 0 Å². The molecule has 1 atom stereocenters. The van der Waals surface area contributed by atoms with Gasteiger partial charge in [0.25, 0.3) is 0 Å². The van der Waals surface area contributed by atoms with Gasteiger partial charge in [-0.15, -0.1) is 0 Å². The van der Waals surface area contributed by atoms with Crippen LogP contribution < -0.4 is 15.2 Å². The van der Waals surface area contributed by atoms with Crippen molar-refractivity contribution in [1.29, 1.82) is 0 Å². The quantitative estimate of drug-likeness (QED) is 0.764. The summed E-state index contributed by atoms with van der Waals surface area (Å²) in [5, 5.41) is 0. The molecule has 2 rings (SSSR count). The molecule has 4 nitrogen and oxygen atoms in total. The number of carbonyl (C=O) groups excluding carboxylic acids is 1. The number of ketones is 1. The predicted molar refractivity (Wildman–Crippen MR) is 60.1 cm³/mol. The first-order chi connectivity index (χ1) is 7.59. The third kappa shape index (κ3) is 1.88. The molecule has 1 aliphatic rings. The maximum atomic E-state index is 11.8. The lowest BCUT2D eigenvalue weighted by Crippen LogP contribution is -2.27. The molecule has 0 bridgehead atoms. The van der Waals surface area contributed by atoms with Gasteiger partial charge in [0.15, 0.2) is 17.3 Å². The van der Waals surface area contributed by atoms with Crippen molar-refractivity contribution < 1.29 is 14.3 Å². The van der Waals surface area contributed by atoms with Crippen LogP contribution in [0.15, 0.2) is 12.1 Å². The van der Waals surface area contributed by atoms with E-state index >= 15 is 0 Å². The number of nitrogens with two attached hydrogens (primary N) is 1. The van der Waals surface area contributed by atoms with E-state index in [-0.39, 0.29) is 5.78 Å². The highest BCUT2D eigenvalue weighted by Gasteiger charge is 2.19. The van der Waals surface area contributed by atoms with Crippen LogP contribution in [0.3, 0.4) is 0 Å². The highest BCUT2D eigenvalue weighted by Crippen LogP contribution is 2.33. The first kappa shape index (κ1) is 11.0. The molecule has 1 aromatic rings. The fraction of sp³-hybridized carbons (Fsp3) is 0.417. The second kappa shape index (κ2) is 4.14. The Morgan fingerprint density at radius 1 is 1.31 bits per heavy atom. The van der Waals surface area contributed by atoms with Crippen LogP contribution in [0.2, 0.25) is 0 Å². The van der Waals surface area contributed by atoms with Crippen LogP contribution in [0.5, 0.6) is 11.5 Å². The highest BCUT2D eigenvalue weighted by atomic mass is 16.6. The molecule has 0 radical (unpaired) electrons. The van der Waals surface area contributed by atoms with Crippen LogP contribution >= 0.6 is 0 Å². The van der Waals surface area contributed by atoms with Crippen LogP contribution in [-0.4, -0.2) is 25.0 Å². The van der Waals surface area contributed by atoms with E-state index in [0.29, 0.717) is 30.3 Å².